The molecule has 0 atom stereocenters. The average molecular weight is 718 g/mol. The lowest BCUT2D eigenvalue weighted by atomic mass is 9.88. The van der Waals surface area contributed by atoms with E-state index in [0.717, 1.165) is 46.3 Å². The van der Waals surface area contributed by atoms with Gasteiger partial charge in [0.1, 0.15) is 11.5 Å². The van der Waals surface area contributed by atoms with E-state index in [1.165, 1.54) is 157 Å². The number of hydrogen-bond donors (Lipinski definition) is 0. The maximum atomic E-state index is 6.90. The maximum Gasteiger partial charge on any atom is 0.135 e. The van der Waals surface area contributed by atoms with Crippen LogP contribution in [0.1, 0.15) is 183 Å². The second-order valence-electron chi connectivity index (χ2n) is 15.0. The number of aryl methyl sites for hydroxylation is 3. The Morgan fingerprint density at radius 1 is 0.560 bits per heavy atom. The number of benzene rings is 3. The zero-order chi connectivity index (χ0) is 35.6. The first kappa shape index (κ1) is 40.5. The molecule has 4 rings (SSSR count). The Morgan fingerprint density at radius 3 is 1.64 bits per heavy atom. The van der Waals surface area contributed by atoms with Crippen LogP contribution in [0.15, 0.2) is 42.5 Å². The fourth-order valence-corrected chi connectivity index (χ4v) is 8.21. The highest BCUT2D eigenvalue weighted by molar-refractivity contribution is 6.38. The zero-order valence-electron chi connectivity index (χ0n) is 32.0. The van der Waals surface area contributed by atoms with Crippen LogP contribution in [0.25, 0.3) is 11.6 Å². The molecule has 0 bridgehead atoms. The lowest BCUT2D eigenvalue weighted by Crippen LogP contribution is -2.22. The van der Waals surface area contributed by atoms with Crippen LogP contribution in [0, 0.1) is 13.8 Å². The zero-order valence-corrected chi connectivity index (χ0v) is 33.6. The summed E-state index contributed by atoms with van der Waals surface area (Å²) in [6.07, 6.45) is 33.2. The van der Waals surface area contributed by atoms with Crippen LogP contribution in [0.2, 0.25) is 10.0 Å². The standard InChI is InChI=1S/C47H66Cl2O/c1-5-7-9-11-13-15-17-19-21-23-25-28-38-34-44-40(32-36(38)3)46(47-42(48)30-27-31-43(47)49)41-33-37(4)39(35-45(41)50-44)29-26-24-22-20-18-16-14-12-10-8-6-2/h27-28,30-35H,5-26,29H2,1-4H3/b38-28-. The molecule has 0 saturated heterocycles. The number of halogens is 2. The van der Waals surface area contributed by atoms with Gasteiger partial charge in [0.05, 0.1) is 0 Å². The molecule has 1 aliphatic heterocycles. The number of rotatable bonds is 24. The van der Waals surface area contributed by atoms with Crippen LogP contribution in [-0.2, 0) is 6.42 Å². The second-order valence-corrected chi connectivity index (χ2v) is 15.8. The molecule has 0 aromatic heterocycles. The first-order valence-electron chi connectivity index (χ1n) is 20.6. The van der Waals surface area contributed by atoms with Gasteiger partial charge >= 0.3 is 0 Å². The first-order valence-corrected chi connectivity index (χ1v) is 21.3. The number of ether oxygens (including phenoxy) is 1. The van der Waals surface area contributed by atoms with E-state index in [2.05, 4.69) is 58.0 Å². The van der Waals surface area contributed by atoms with E-state index in [9.17, 15) is 0 Å². The minimum atomic E-state index is 0.670. The molecule has 0 saturated carbocycles. The van der Waals surface area contributed by atoms with Crippen LogP contribution in [-0.4, -0.2) is 0 Å². The number of unbranched alkanes of at least 4 members (excludes halogenated alkanes) is 20. The quantitative estimate of drug-likeness (QED) is 0.0656. The molecular formula is C47H66Cl2O. The lowest BCUT2D eigenvalue weighted by molar-refractivity contribution is 0.470. The Morgan fingerprint density at radius 2 is 1.08 bits per heavy atom. The molecule has 0 aliphatic carbocycles. The molecule has 274 valence electrons. The van der Waals surface area contributed by atoms with E-state index in [1.54, 1.807) is 0 Å². The van der Waals surface area contributed by atoms with Gasteiger partial charge in [0.15, 0.2) is 0 Å². The topological polar surface area (TPSA) is 9.23 Å². The van der Waals surface area contributed by atoms with Gasteiger partial charge in [-0.1, -0.05) is 171 Å². The molecule has 3 aromatic rings. The van der Waals surface area contributed by atoms with Gasteiger partial charge in [-0.05, 0) is 97.8 Å². The van der Waals surface area contributed by atoms with Crippen LogP contribution >= 0.6 is 23.2 Å². The average Bonchev–Trinajstić information content (AvgIpc) is 3.10. The van der Waals surface area contributed by atoms with Crippen molar-refractivity contribution >= 4 is 34.9 Å². The highest BCUT2D eigenvalue weighted by Crippen LogP contribution is 2.42. The normalized spacial score (nSPS) is 12.7. The number of hydrogen-bond acceptors (Lipinski definition) is 1. The van der Waals surface area contributed by atoms with E-state index in [4.69, 9.17) is 27.9 Å². The van der Waals surface area contributed by atoms with Gasteiger partial charge in [-0.15, -0.1) is 0 Å². The molecule has 1 nitrogen and oxygen atoms in total. The highest BCUT2D eigenvalue weighted by atomic mass is 35.5. The minimum absolute atomic E-state index is 0.670. The van der Waals surface area contributed by atoms with Crippen molar-refractivity contribution in [3.05, 3.63) is 90.8 Å². The maximum absolute atomic E-state index is 6.90. The summed E-state index contributed by atoms with van der Waals surface area (Å²) >= 11 is 13.8. The van der Waals surface area contributed by atoms with Crippen molar-refractivity contribution in [2.75, 3.05) is 0 Å². The molecule has 0 N–H and O–H groups in total. The fourth-order valence-electron chi connectivity index (χ4n) is 7.62. The Kier molecular flexibility index (Phi) is 18.4. The molecule has 0 radical (unpaired) electrons. The summed E-state index contributed by atoms with van der Waals surface area (Å²) in [5.41, 5.74) is 6.99. The monoisotopic (exact) mass is 716 g/mol. The van der Waals surface area contributed by atoms with Gasteiger partial charge in [-0.2, -0.15) is 0 Å². The van der Waals surface area contributed by atoms with Crippen LogP contribution < -0.4 is 15.2 Å². The largest absolute Gasteiger partial charge is 0.456 e. The predicted molar refractivity (Wildman–Crippen MR) is 221 cm³/mol. The van der Waals surface area contributed by atoms with Gasteiger partial charge in [0.2, 0.25) is 0 Å². The fraction of sp³-hybridized carbons (Fsp3) is 0.574. The summed E-state index contributed by atoms with van der Waals surface area (Å²) in [4.78, 5) is 0. The van der Waals surface area contributed by atoms with Gasteiger partial charge in [0.25, 0.3) is 0 Å². The van der Waals surface area contributed by atoms with Crippen molar-refractivity contribution in [2.45, 2.75) is 175 Å². The van der Waals surface area contributed by atoms with Crippen molar-refractivity contribution in [3.8, 4) is 11.5 Å². The molecule has 1 heterocycles. The van der Waals surface area contributed by atoms with Crippen molar-refractivity contribution < 1.29 is 4.74 Å². The van der Waals surface area contributed by atoms with E-state index in [1.807, 2.05) is 18.2 Å². The van der Waals surface area contributed by atoms with Gasteiger partial charge < -0.3 is 4.74 Å². The van der Waals surface area contributed by atoms with E-state index in [-0.39, 0.29) is 0 Å². The van der Waals surface area contributed by atoms with Crippen LogP contribution in [0.4, 0.5) is 0 Å². The van der Waals surface area contributed by atoms with Crippen molar-refractivity contribution in [2.24, 2.45) is 0 Å². The van der Waals surface area contributed by atoms with Crippen molar-refractivity contribution in [3.63, 3.8) is 0 Å². The van der Waals surface area contributed by atoms with Crippen LogP contribution in [0.3, 0.4) is 0 Å². The van der Waals surface area contributed by atoms with Gasteiger partial charge in [-0.3, -0.25) is 0 Å². The summed E-state index contributed by atoms with van der Waals surface area (Å²) in [5.74, 6) is 1.81. The molecule has 0 spiro atoms. The predicted octanol–water partition coefficient (Wildman–Crippen LogP) is 14.9. The first-order chi connectivity index (χ1) is 24.4. The molecule has 1 aliphatic rings. The Hall–Kier alpha value is -2.22. The van der Waals surface area contributed by atoms with Crippen molar-refractivity contribution in [1.82, 2.24) is 0 Å². The van der Waals surface area contributed by atoms with Crippen LogP contribution in [0.5, 0.6) is 11.5 Å². The summed E-state index contributed by atoms with van der Waals surface area (Å²) < 4.78 is 6.79. The minimum Gasteiger partial charge on any atom is -0.456 e. The Bertz CT molecular complexity index is 1570. The highest BCUT2D eigenvalue weighted by Gasteiger charge is 2.25. The Balaban J connectivity index is 1.45. The SMILES string of the molecule is CCCCCCCCCCCC/C=c1/cc2c(cc1C)=C(c1c(Cl)cccc1Cl)c1cc(C)c(CCCCCCCCCCCCC)cc1O2. The third-order valence-corrected chi connectivity index (χ3v) is 11.4. The third-order valence-electron chi connectivity index (χ3n) is 10.7. The summed E-state index contributed by atoms with van der Waals surface area (Å²) in [6.45, 7) is 9.04. The molecule has 3 heteroatoms. The van der Waals surface area contributed by atoms with Crippen molar-refractivity contribution in [1.29, 1.82) is 0 Å². The van der Waals surface area contributed by atoms with E-state index < -0.39 is 0 Å². The lowest BCUT2D eigenvalue weighted by Gasteiger charge is -2.24. The summed E-state index contributed by atoms with van der Waals surface area (Å²) in [7, 11) is 0. The van der Waals surface area contributed by atoms with Gasteiger partial charge in [-0.25, -0.2) is 0 Å². The summed E-state index contributed by atoms with van der Waals surface area (Å²) in [5, 5.41) is 3.67. The molecule has 0 unspecified atom stereocenters. The summed E-state index contributed by atoms with van der Waals surface area (Å²) in [6, 6.07) is 14.9. The molecule has 3 aromatic carbocycles. The second kappa shape index (κ2) is 22.7. The van der Waals surface area contributed by atoms with E-state index >= 15 is 0 Å². The van der Waals surface area contributed by atoms with E-state index in [0.29, 0.717) is 10.0 Å². The molecule has 50 heavy (non-hydrogen) atoms. The smallest absolute Gasteiger partial charge is 0.135 e. The molecule has 0 amide bonds. The molecule has 0 fully saturated rings. The molecular weight excluding hydrogens is 651 g/mol. The van der Waals surface area contributed by atoms with Gasteiger partial charge in [0, 0.05) is 32.0 Å². The Labute approximate surface area is 315 Å². The number of fused-ring (bicyclic) bond motifs is 2. The third kappa shape index (κ3) is 12.5.